The number of hydrogen-bond donors (Lipinski definition) is 0. The van der Waals surface area contributed by atoms with Crippen molar-refractivity contribution in [3.8, 4) is 0 Å². The van der Waals surface area contributed by atoms with Crippen LogP contribution in [0.25, 0.3) is 0 Å². The van der Waals surface area contributed by atoms with Crippen molar-refractivity contribution in [2.75, 3.05) is 19.0 Å². The van der Waals surface area contributed by atoms with Crippen molar-refractivity contribution >= 4 is 22.7 Å². The molecule has 68 valence electrons. The van der Waals surface area contributed by atoms with Gasteiger partial charge in [0.15, 0.2) is 8.24 Å². The van der Waals surface area contributed by atoms with Gasteiger partial charge in [-0.1, -0.05) is 0 Å². The summed E-state index contributed by atoms with van der Waals surface area (Å²) in [7, 11) is 3.61. The molecule has 0 aromatic carbocycles. The van der Waals surface area contributed by atoms with E-state index in [1.807, 2.05) is 19.0 Å². The maximum Gasteiger partial charge on any atom is 0.247 e. The van der Waals surface area contributed by atoms with E-state index in [1.54, 1.807) is 0 Å². The van der Waals surface area contributed by atoms with Crippen LogP contribution in [-0.4, -0.2) is 36.3 Å². The molecule has 0 aliphatic heterocycles. The molecule has 4 nitrogen and oxygen atoms in total. The first kappa shape index (κ1) is 9.67. The quantitative estimate of drug-likeness (QED) is 0.683. The number of aromatic nitrogens is 3. The highest BCUT2D eigenvalue weighted by Gasteiger charge is 2.19. The fourth-order valence-corrected chi connectivity index (χ4v) is 2.77. The van der Waals surface area contributed by atoms with E-state index in [4.69, 9.17) is 0 Å². The lowest BCUT2D eigenvalue weighted by molar-refractivity contribution is 0.944. The second-order valence-corrected chi connectivity index (χ2v) is 9.84. The highest BCUT2D eigenvalue weighted by atomic mass is 31.1. The summed E-state index contributed by atoms with van der Waals surface area (Å²) in [5, 5.41) is 4.42. The molecule has 0 N–H and O–H groups in total. The predicted molar refractivity (Wildman–Crippen MR) is 55.6 cm³/mol. The Kier molecular flexibility index (Phi) is 2.54. The van der Waals surface area contributed by atoms with Crippen molar-refractivity contribution in [1.82, 2.24) is 14.0 Å². The second kappa shape index (κ2) is 3.15. The van der Waals surface area contributed by atoms with E-state index in [1.165, 1.54) is 0 Å². The van der Waals surface area contributed by atoms with Crippen molar-refractivity contribution < 1.29 is 0 Å². The summed E-state index contributed by atoms with van der Waals surface area (Å²) in [5.74, 6) is 0.832. The molecule has 0 saturated carbocycles. The van der Waals surface area contributed by atoms with Crippen molar-refractivity contribution in [3.63, 3.8) is 0 Å². The van der Waals surface area contributed by atoms with Gasteiger partial charge in [-0.25, -0.2) is 0 Å². The molecule has 0 aliphatic rings. The van der Waals surface area contributed by atoms with E-state index in [0.717, 1.165) is 14.5 Å². The van der Waals surface area contributed by atoms with Gasteiger partial charge >= 0.3 is 0 Å². The molecule has 1 aromatic heterocycles. The van der Waals surface area contributed by atoms with E-state index < -0.39 is 8.24 Å². The van der Waals surface area contributed by atoms with Crippen LogP contribution < -0.4 is 4.90 Å². The molecule has 1 heterocycles. The lowest BCUT2D eigenvalue weighted by atomic mass is 10.9. The summed E-state index contributed by atoms with van der Waals surface area (Å²) in [6.07, 6.45) is 0. The Labute approximate surface area is 75.9 Å². The van der Waals surface area contributed by atoms with Crippen LogP contribution >= 0.6 is 8.51 Å². The van der Waals surface area contributed by atoms with Crippen LogP contribution in [0.4, 0.5) is 5.95 Å². The summed E-state index contributed by atoms with van der Waals surface area (Å²) in [6, 6.07) is 0. The second-order valence-electron chi connectivity index (χ2n) is 3.94. The minimum atomic E-state index is -1.30. The number of anilines is 1. The highest BCUT2D eigenvalue weighted by Crippen LogP contribution is 2.15. The Morgan fingerprint density at radius 2 is 1.92 bits per heavy atom. The van der Waals surface area contributed by atoms with Gasteiger partial charge < -0.3 is 4.90 Å². The smallest absolute Gasteiger partial charge is 0.247 e. The Balaban J connectivity index is 2.92. The minimum absolute atomic E-state index is 0.832. The molecule has 0 aliphatic carbocycles. The largest absolute Gasteiger partial charge is 0.345 e. The molecule has 0 fully saturated rings. The standard InChI is InChI=1S/C6H15N4PSi/c1-9(2)6-7-10(11-8-6)12(3,4)5/h1-5H3. The van der Waals surface area contributed by atoms with Crippen LogP contribution in [0.2, 0.25) is 19.6 Å². The first-order valence-electron chi connectivity index (χ1n) is 3.89. The molecule has 0 spiro atoms. The fourth-order valence-electron chi connectivity index (χ4n) is 0.670. The van der Waals surface area contributed by atoms with Gasteiger partial charge in [-0.05, 0) is 19.6 Å². The first-order chi connectivity index (χ1) is 5.41. The SMILES string of the molecule is CN(C)c1npn([Si](C)(C)C)n1. The van der Waals surface area contributed by atoms with Crippen molar-refractivity contribution in [1.29, 1.82) is 0 Å². The molecule has 1 aromatic rings. The molecule has 1 rings (SSSR count). The average molecular weight is 202 g/mol. The first-order valence-corrected chi connectivity index (χ1v) is 8.14. The average Bonchev–Trinajstić information content (AvgIpc) is 2.30. The zero-order valence-electron chi connectivity index (χ0n) is 8.24. The molecule has 0 atom stereocenters. The third-order valence-electron chi connectivity index (χ3n) is 1.40. The molecule has 0 radical (unpaired) electrons. The number of nitrogens with zero attached hydrogens (tertiary/aromatic N) is 4. The predicted octanol–water partition coefficient (Wildman–Crippen LogP) is 1.61. The Morgan fingerprint density at radius 3 is 2.17 bits per heavy atom. The van der Waals surface area contributed by atoms with E-state index in [0.29, 0.717) is 0 Å². The van der Waals surface area contributed by atoms with Crippen LogP contribution in [0.5, 0.6) is 0 Å². The highest BCUT2D eigenvalue weighted by molar-refractivity contribution is 7.24. The van der Waals surface area contributed by atoms with Crippen molar-refractivity contribution in [2.24, 2.45) is 0 Å². The van der Waals surface area contributed by atoms with Gasteiger partial charge in [0, 0.05) is 14.1 Å². The monoisotopic (exact) mass is 202 g/mol. The third kappa shape index (κ3) is 2.05. The molecule has 0 bridgehead atoms. The summed E-state index contributed by atoms with van der Waals surface area (Å²) in [5.41, 5.74) is 0. The summed E-state index contributed by atoms with van der Waals surface area (Å²) in [4.78, 5) is 1.94. The van der Waals surface area contributed by atoms with Crippen molar-refractivity contribution in [3.05, 3.63) is 0 Å². The van der Waals surface area contributed by atoms with E-state index >= 15 is 0 Å². The molecular weight excluding hydrogens is 187 g/mol. The third-order valence-corrected chi connectivity index (χ3v) is 5.30. The van der Waals surface area contributed by atoms with Gasteiger partial charge in [-0.3, -0.25) is 4.11 Å². The van der Waals surface area contributed by atoms with Crippen LogP contribution in [-0.2, 0) is 0 Å². The van der Waals surface area contributed by atoms with Crippen LogP contribution in [0.3, 0.4) is 0 Å². The van der Waals surface area contributed by atoms with Gasteiger partial charge in [0.25, 0.3) is 0 Å². The Hall–Kier alpha value is -0.413. The zero-order chi connectivity index (χ0) is 9.35. The topological polar surface area (TPSA) is 34.0 Å². The minimum Gasteiger partial charge on any atom is -0.345 e. The zero-order valence-corrected chi connectivity index (χ0v) is 10.1. The van der Waals surface area contributed by atoms with Gasteiger partial charge in [0.05, 0.1) is 0 Å². The van der Waals surface area contributed by atoms with E-state index in [2.05, 4.69) is 33.6 Å². The van der Waals surface area contributed by atoms with E-state index in [9.17, 15) is 0 Å². The van der Waals surface area contributed by atoms with Crippen LogP contribution in [0, 0.1) is 0 Å². The molecule has 6 heteroatoms. The molecular formula is C6H15N4PSi. The number of hydrogen-bond acceptors (Lipinski definition) is 3. The molecule has 0 saturated heterocycles. The van der Waals surface area contributed by atoms with Crippen molar-refractivity contribution in [2.45, 2.75) is 19.6 Å². The maximum atomic E-state index is 4.42. The number of rotatable bonds is 2. The summed E-state index contributed by atoms with van der Waals surface area (Å²) in [6.45, 7) is 6.78. The maximum absolute atomic E-state index is 4.42. The Bertz CT molecular complexity index is 265. The fraction of sp³-hybridized carbons (Fsp3) is 0.833. The molecule has 0 amide bonds. The van der Waals surface area contributed by atoms with Gasteiger partial charge in [0.1, 0.15) is 8.51 Å². The van der Waals surface area contributed by atoms with Gasteiger partial charge in [0.2, 0.25) is 5.95 Å². The molecule has 12 heavy (non-hydrogen) atoms. The Morgan fingerprint density at radius 1 is 1.33 bits per heavy atom. The molecule has 0 unspecified atom stereocenters. The lowest BCUT2D eigenvalue weighted by Crippen LogP contribution is -2.31. The lowest BCUT2D eigenvalue weighted by Gasteiger charge is -2.14. The summed E-state index contributed by atoms with van der Waals surface area (Å²) >= 11 is 0. The van der Waals surface area contributed by atoms with Gasteiger partial charge in [-0.2, -0.15) is 4.75 Å². The van der Waals surface area contributed by atoms with Gasteiger partial charge in [-0.15, -0.1) is 5.10 Å². The normalized spacial score (nSPS) is 12.4. The summed E-state index contributed by atoms with van der Waals surface area (Å²) < 4.78 is 6.39. The van der Waals surface area contributed by atoms with Crippen LogP contribution in [0.15, 0.2) is 0 Å². The van der Waals surface area contributed by atoms with Crippen LogP contribution in [0.1, 0.15) is 0 Å². The van der Waals surface area contributed by atoms with E-state index in [-0.39, 0.29) is 0 Å².